The molecule has 0 N–H and O–H groups in total. The van der Waals surface area contributed by atoms with Crippen molar-refractivity contribution in [1.82, 2.24) is 4.90 Å². The molecule has 4 amide bonds. The van der Waals surface area contributed by atoms with Gasteiger partial charge in [-0.25, -0.2) is 9.29 Å². The second-order valence-corrected chi connectivity index (χ2v) is 11.3. The van der Waals surface area contributed by atoms with E-state index in [1.54, 1.807) is 0 Å². The van der Waals surface area contributed by atoms with Gasteiger partial charge in [-0.2, -0.15) is 0 Å². The van der Waals surface area contributed by atoms with Crippen LogP contribution in [0, 0.1) is 18.2 Å². The SMILES string of the molecule is C#CCN1C(=O)COc2cc(F)c(N3C(=O)C4=C(CCCC4)C3=O)cc21.CCCN(CCC)C(=O)SCc1ccccc1. The zero-order valence-electron chi connectivity index (χ0n) is 24.6. The smallest absolute Gasteiger partial charge is 0.281 e. The Morgan fingerprint density at radius 1 is 1.00 bits per heavy atom. The van der Waals surface area contributed by atoms with Gasteiger partial charge < -0.3 is 9.64 Å². The van der Waals surface area contributed by atoms with E-state index in [0.717, 1.165) is 55.5 Å². The number of fused-ring (bicyclic) bond motifs is 1. The highest BCUT2D eigenvalue weighted by molar-refractivity contribution is 8.12. The highest BCUT2D eigenvalue weighted by atomic mass is 32.2. The number of carbonyl (C=O) groups is 4. The van der Waals surface area contributed by atoms with Crippen molar-refractivity contribution < 1.29 is 28.3 Å². The number of terminal acetylenes is 1. The Kier molecular flexibility index (Phi) is 11.0. The van der Waals surface area contributed by atoms with Crippen LogP contribution in [0.25, 0.3) is 0 Å². The van der Waals surface area contributed by atoms with Crippen LogP contribution < -0.4 is 14.5 Å². The third kappa shape index (κ3) is 7.28. The molecule has 0 saturated heterocycles. The van der Waals surface area contributed by atoms with E-state index in [4.69, 9.17) is 11.2 Å². The molecule has 2 aliphatic heterocycles. The van der Waals surface area contributed by atoms with Crippen LogP contribution >= 0.6 is 11.8 Å². The molecule has 43 heavy (non-hydrogen) atoms. The molecular weight excluding hydrogens is 569 g/mol. The van der Waals surface area contributed by atoms with Crippen LogP contribution in [0.15, 0.2) is 53.6 Å². The molecule has 0 unspecified atom stereocenters. The minimum absolute atomic E-state index is 0.0170. The Morgan fingerprint density at radius 2 is 1.63 bits per heavy atom. The minimum atomic E-state index is -0.764. The summed E-state index contributed by atoms with van der Waals surface area (Å²) in [5.41, 5.74) is 2.20. The Hall–Kier alpha value is -4.10. The van der Waals surface area contributed by atoms with Crippen molar-refractivity contribution >= 4 is 46.1 Å². The van der Waals surface area contributed by atoms with Gasteiger partial charge in [0.2, 0.25) is 0 Å². The fraction of sp³-hybridized carbons (Fsp3) is 0.394. The number of halogens is 1. The van der Waals surface area contributed by atoms with E-state index in [0.29, 0.717) is 24.0 Å². The highest BCUT2D eigenvalue weighted by Gasteiger charge is 2.41. The number of benzene rings is 2. The first-order valence-electron chi connectivity index (χ1n) is 14.6. The monoisotopic (exact) mass is 605 g/mol. The molecule has 0 fully saturated rings. The molecule has 2 aromatic carbocycles. The van der Waals surface area contributed by atoms with E-state index in [1.807, 2.05) is 23.1 Å². The van der Waals surface area contributed by atoms with E-state index in [-0.39, 0.29) is 41.4 Å². The number of thioether (sulfide) groups is 1. The van der Waals surface area contributed by atoms with Crippen molar-refractivity contribution in [3.8, 4) is 18.1 Å². The number of rotatable bonds is 8. The molecule has 2 heterocycles. The summed E-state index contributed by atoms with van der Waals surface area (Å²) in [4.78, 5) is 53.5. The summed E-state index contributed by atoms with van der Waals surface area (Å²) in [5.74, 6) is 1.17. The zero-order chi connectivity index (χ0) is 30.9. The lowest BCUT2D eigenvalue weighted by atomic mass is 9.93. The molecule has 0 atom stereocenters. The first-order valence-corrected chi connectivity index (χ1v) is 15.6. The van der Waals surface area contributed by atoms with Gasteiger partial charge in [0.1, 0.15) is 5.75 Å². The van der Waals surface area contributed by atoms with Crippen LogP contribution in [0.2, 0.25) is 0 Å². The molecule has 226 valence electrons. The number of carbonyl (C=O) groups excluding carboxylic acids is 4. The normalized spacial score (nSPS) is 15.7. The van der Waals surface area contributed by atoms with E-state index in [2.05, 4.69) is 31.9 Å². The van der Waals surface area contributed by atoms with Crippen LogP contribution in [0.3, 0.4) is 0 Å². The molecule has 5 rings (SSSR count). The Labute approximate surface area is 256 Å². The second kappa shape index (κ2) is 14.9. The number of imide groups is 1. The number of ether oxygens (including phenoxy) is 1. The molecule has 0 aromatic heterocycles. The molecule has 0 saturated carbocycles. The highest BCUT2D eigenvalue weighted by Crippen LogP contribution is 2.41. The maximum absolute atomic E-state index is 14.7. The first kappa shape index (κ1) is 31.8. The number of amides is 4. The summed E-state index contributed by atoms with van der Waals surface area (Å²) in [6.07, 6.45) is 10.1. The molecule has 8 nitrogen and oxygen atoms in total. The fourth-order valence-electron chi connectivity index (χ4n) is 5.25. The van der Waals surface area contributed by atoms with Crippen molar-refractivity contribution in [1.29, 1.82) is 0 Å². The van der Waals surface area contributed by atoms with Gasteiger partial charge >= 0.3 is 0 Å². The molecule has 0 spiro atoms. The zero-order valence-corrected chi connectivity index (χ0v) is 25.4. The van der Waals surface area contributed by atoms with Crippen molar-refractivity contribution in [2.45, 2.75) is 58.1 Å². The van der Waals surface area contributed by atoms with Crippen LogP contribution in [0.1, 0.15) is 57.9 Å². The Morgan fingerprint density at radius 3 is 2.21 bits per heavy atom. The number of nitrogens with zero attached hydrogens (tertiary/aromatic N) is 3. The average Bonchev–Trinajstić information content (AvgIpc) is 3.27. The predicted molar refractivity (Wildman–Crippen MR) is 166 cm³/mol. The molecule has 10 heteroatoms. The van der Waals surface area contributed by atoms with E-state index >= 15 is 0 Å². The predicted octanol–water partition coefficient (Wildman–Crippen LogP) is 6.09. The third-order valence-corrected chi connectivity index (χ3v) is 8.29. The molecule has 2 aromatic rings. The molecule has 1 aliphatic carbocycles. The van der Waals surface area contributed by atoms with Gasteiger partial charge in [-0.15, -0.1) is 6.42 Å². The van der Waals surface area contributed by atoms with Crippen molar-refractivity contribution in [2.24, 2.45) is 0 Å². The third-order valence-electron chi connectivity index (χ3n) is 7.30. The number of anilines is 2. The maximum atomic E-state index is 14.7. The van der Waals surface area contributed by atoms with Crippen LogP contribution in [0.4, 0.5) is 20.6 Å². The summed E-state index contributed by atoms with van der Waals surface area (Å²) < 4.78 is 19.9. The Balaban J connectivity index is 0.000000217. The molecule has 0 bridgehead atoms. The van der Waals surface area contributed by atoms with Crippen LogP contribution in [0.5, 0.6) is 5.75 Å². The first-order chi connectivity index (χ1) is 20.8. The van der Waals surface area contributed by atoms with Gasteiger partial charge in [-0.05, 0) is 50.2 Å². The molecule has 0 radical (unpaired) electrons. The maximum Gasteiger partial charge on any atom is 0.281 e. The summed E-state index contributed by atoms with van der Waals surface area (Å²) in [7, 11) is 0. The fourth-order valence-corrected chi connectivity index (χ4v) is 6.10. The van der Waals surface area contributed by atoms with Crippen molar-refractivity contribution in [3.05, 3.63) is 65.0 Å². The van der Waals surface area contributed by atoms with Gasteiger partial charge in [0, 0.05) is 36.1 Å². The molecule has 3 aliphatic rings. The quantitative estimate of drug-likeness (QED) is 0.267. The largest absolute Gasteiger partial charge is 0.481 e. The number of hydrogen-bond acceptors (Lipinski definition) is 6. The van der Waals surface area contributed by atoms with E-state index < -0.39 is 17.6 Å². The van der Waals surface area contributed by atoms with E-state index in [1.165, 1.54) is 28.3 Å². The standard InChI is InChI=1S/C19H15FN2O4.C14H21NOS/c1-2-7-21-15-9-14(13(20)8-16(15)26-10-17(21)23)22-18(24)11-5-3-4-6-12(11)19(22)25;1-3-10-15(11-4-2)14(16)17-12-13-8-6-5-7-9-13/h1,8-9H,3-7,10H2;5-9H,3-4,10-12H2,1-2H3. The van der Waals surface area contributed by atoms with Gasteiger partial charge in [0.25, 0.3) is 23.0 Å². The molecular formula is C33H36FN3O5S. The van der Waals surface area contributed by atoms with Gasteiger partial charge in [0.15, 0.2) is 12.4 Å². The summed E-state index contributed by atoms with van der Waals surface area (Å²) >= 11 is 1.40. The lowest BCUT2D eigenvalue weighted by Crippen LogP contribution is -2.39. The average molecular weight is 606 g/mol. The van der Waals surface area contributed by atoms with Crippen LogP contribution in [-0.2, 0) is 20.1 Å². The van der Waals surface area contributed by atoms with Gasteiger partial charge in [-0.1, -0.05) is 61.9 Å². The summed E-state index contributed by atoms with van der Waals surface area (Å²) in [5, 5.41) is 0.206. The lowest BCUT2D eigenvalue weighted by molar-refractivity contribution is -0.121. The topological polar surface area (TPSA) is 87.2 Å². The van der Waals surface area contributed by atoms with Gasteiger partial charge in [-0.3, -0.25) is 24.1 Å². The van der Waals surface area contributed by atoms with Crippen LogP contribution in [-0.4, -0.2) is 54.1 Å². The Bertz CT molecular complexity index is 1420. The lowest BCUT2D eigenvalue weighted by Gasteiger charge is -2.29. The summed E-state index contributed by atoms with van der Waals surface area (Å²) in [6, 6.07) is 12.5. The van der Waals surface area contributed by atoms with E-state index in [9.17, 15) is 23.6 Å². The van der Waals surface area contributed by atoms with Gasteiger partial charge in [0.05, 0.1) is 17.9 Å². The minimum Gasteiger partial charge on any atom is -0.481 e. The number of hydrogen-bond donors (Lipinski definition) is 0. The summed E-state index contributed by atoms with van der Waals surface area (Å²) in [6.45, 7) is 5.69. The van der Waals surface area contributed by atoms with Crippen molar-refractivity contribution in [2.75, 3.05) is 36.0 Å². The second-order valence-electron chi connectivity index (χ2n) is 10.4. The van der Waals surface area contributed by atoms with Crippen molar-refractivity contribution in [3.63, 3.8) is 0 Å².